The normalized spacial score (nSPS) is 11.0. The summed E-state index contributed by atoms with van der Waals surface area (Å²) in [6.07, 6.45) is 1.57. The Balaban J connectivity index is 1.50. The molecule has 3 aromatic carbocycles. The van der Waals surface area contributed by atoms with Gasteiger partial charge in [-0.3, -0.25) is 4.79 Å². The first-order chi connectivity index (χ1) is 15.4. The third-order valence-electron chi connectivity index (χ3n) is 4.73. The third kappa shape index (κ3) is 7.13. The Kier molecular flexibility index (Phi) is 8.28. The van der Waals surface area contributed by atoms with Gasteiger partial charge in [-0.1, -0.05) is 61.8 Å². The number of aryl methyl sites for hydroxylation is 1. The molecule has 3 aromatic rings. The van der Waals surface area contributed by atoms with Crippen molar-refractivity contribution >= 4 is 23.7 Å². The Bertz CT molecular complexity index is 1080. The molecule has 0 aromatic heterocycles. The molecule has 166 valence electrons. The summed E-state index contributed by atoms with van der Waals surface area (Å²) in [5.74, 6) is 1.41. The fraction of sp³-hybridized carbons (Fsp3) is 0.231. The van der Waals surface area contributed by atoms with Gasteiger partial charge in [0.1, 0.15) is 18.1 Å². The van der Waals surface area contributed by atoms with Gasteiger partial charge in [-0.15, -0.1) is 0 Å². The van der Waals surface area contributed by atoms with Gasteiger partial charge in [0.25, 0.3) is 5.91 Å². The number of rotatable bonds is 9. The number of carbonyl (C=O) groups is 1. The van der Waals surface area contributed by atoms with Crippen LogP contribution in [0.25, 0.3) is 0 Å². The Morgan fingerprint density at radius 3 is 2.59 bits per heavy atom. The predicted octanol–water partition coefficient (Wildman–Crippen LogP) is 5.88. The second kappa shape index (κ2) is 11.3. The summed E-state index contributed by atoms with van der Waals surface area (Å²) in [5.41, 5.74) is 6.48. The highest BCUT2D eigenvalue weighted by Gasteiger charge is 2.10. The van der Waals surface area contributed by atoms with Crippen LogP contribution in [0.1, 0.15) is 42.0 Å². The lowest BCUT2D eigenvalue weighted by molar-refractivity contribution is -0.123. The molecule has 0 aliphatic rings. The number of hydrazone groups is 1. The number of nitrogens with one attached hydrogen (secondary N) is 1. The van der Waals surface area contributed by atoms with Gasteiger partial charge in [0.05, 0.1) is 6.21 Å². The molecule has 0 atom stereocenters. The molecule has 0 aliphatic carbocycles. The minimum atomic E-state index is -0.326. The molecule has 0 fully saturated rings. The van der Waals surface area contributed by atoms with Crippen LogP contribution in [0, 0.1) is 6.92 Å². The van der Waals surface area contributed by atoms with Crippen molar-refractivity contribution in [2.45, 2.75) is 33.3 Å². The zero-order chi connectivity index (χ0) is 22.9. The highest BCUT2D eigenvalue weighted by molar-refractivity contribution is 6.30. The Morgan fingerprint density at radius 2 is 1.84 bits per heavy atom. The molecular formula is C26H27ClN2O3. The minimum Gasteiger partial charge on any atom is -0.489 e. The van der Waals surface area contributed by atoms with Crippen molar-refractivity contribution in [2.75, 3.05) is 6.61 Å². The van der Waals surface area contributed by atoms with Crippen LogP contribution in [0.15, 0.2) is 71.8 Å². The van der Waals surface area contributed by atoms with Gasteiger partial charge in [-0.05, 0) is 65.4 Å². The SMILES string of the molecule is Cc1ccc(C(C)C)c(OCC(=O)N/N=C\c2cccc(OCc3ccc(Cl)cc3)c2)c1. The van der Waals surface area contributed by atoms with E-state index in [0.717, 1.165) is 28.0 Å². The summed E-state index contributed by atoms with van der Waals surface area (Å²) in [7, 11) is 0. The van der Waals surface area contributed by atoms with Crippen LogP contribution in [-0.4, -0.2) is 18.7 Å². The van der Waals surface area contributed by atoms with E-state index in [1.54, 1.807) is 6.21 Å². The van der Waals surface area contributed by atoms with E-state index in [4.69, 9.17) is 21.1 Å². The number of benzene rings is 3. The molecule has 0 spiro atoms. The quantitative estimate of drug-likeness (QED) is 0.327. The van der Waals surface area contributed by atoms with Gasteiger partial charge in [0.15, 0.2) is 6.61 Å². The predicted molar refractivity (Wildman–Crippen MR) is 129 cm³/mol. The summed E-state index contributed by atoms with van der Waals surface area (Å²) in [6.45, 7) is 6.51. The average Bonchev–Trinajstić information content (AvgIpc) is 2.77. The monoisotopic (exact) mass is 450 g/mol. The van der Waals surface area contributed by atoms with E-state index in [1.807, 2.05) is 73.7 Å². The molecule has 0 bridgehead atoms. The maximum atomic E-state index is 12.1. The maximum Gasteiger partial charge on any atom is 0.277 e. The number of nitrogens with zero attached hydrogens (tertiary/aromatic N) is 1. The van der Waals surface area contributed by atoms with Crippen molar-refractivity contribution in [1.29, 1.82) is 0 Å². The Hall–Kier alpha value is -3.31. The highest BCUT2D eigenvalue weighted by Crippen LogP contribution is 2.27. The number of hydrogen-bond acceptors (Lipinski definition) is 4. The molecule has 0 aliphatic heterocycles. The van der Waals surface area contributed by atoms with Crippen LogP contribution in [0.3, 0.4) is 0 Å². The molecule has 0 saturated carbocycles. The standard InChI is InChI=1S/C26H27ClN2O3/c1-18(2)24-12-7-19(3)13-25(24)32-17-26(30)29-28-15-21-5-4-6-23(14-21)31-16-20-8-10-22(27)11-9-20/h4-15,18H,16-17H2,1-3H3,(H,29,30)/b28-15-. The largest absolute Gasteiger partial charge is 0.489 e. The van der Waals surface area contributed by atoms with Crippen LogP contribution in [0.2, 0.25) is 5.02 Å². The van der Waals surface area contributed by atoms with Gasteiger partial charge < -0.3 is 9.47 Å². The van der Waals surface area contributed by atoms with Crippen molar-refractivity contribution in [3.05, 3.63) is 94.0 Å². The number of carbonyl (C=O) groups excluding carboxylic acids is 1. The van der Waals surface area contributed by atoms with Gasteiger partial charge in [-0.2, -0.15) is 5.10 Å². The van der Waals surface area contributed by atoms with E-state index in [0.29, 0.717) is 23.3 Å². The van der Waals surface area contributed by atoms with E-state index < -0.39 is 0 Å². The highest BCUT2D eigenvalue weighted by atomic mass is 35.5. The van der Waals surface area contributed by atoms with Crippen LogP contribution in [0.5, 0.6) is 11.5 Å². The van der Waals surface area contributed by atoms with Gasteiger partial charge in [0, 0.05) is 5.02 Å². The molecule has 6 heteroatoms. The van der Waals surface area contributed by atoms with E-state index >= 15 is 0 Å². The molecule has 0 saturated heterocycles. The zero-order valence-electron chi connectivity index (χ0n) is 18.5. The fourth-order valence-corrected chi connectivity index (χ4v) is 3.16. The third-order valence-corrected chi connectivity index (χ3v) is 4.98. The van der Waals surface area contributed by atoms with E-state index in [9.17, 15) is 4.79 Å². The molecule has 5 nitrogen and oxygen atoms in total. The molecule has 32 heavy (non-hydrogen) atoms. The van der Waals surface area contributed by atoms with E-state index in [2.05, 4.69) is 24.4 Å². The number of ether oxygens (including phenoxy) is 2. The van der Waals surface area contributed by atoms with Crippen LogP contribution in [-0.2, 0) is 11.4 Å². The fourth-order valence-electron chi connectivity index (χ4n) is 3.03. The van der Waals surface area contributed by atoms with Gasteiger partial charge in [0.2, 0.25) is 0 Å². The number of hydrogen-bond donors (Lipinski definition) is 1. The van der Waals surface area contributed by atoms with E-state index in [-0.39, 0.29) is 12.5 Å². The molecule has 0 heterocycles. The average molecular weight is 451 g/mol. The topological polar surface area (TPSA) is 59.9 Å². The lowest BCUT2D eigenvalue weighted by Crippen LogP contribution is -2.25. The van der Waals surface area contributed by atoms with Crippen molar-refractivity contribution < 1.29 is 14.3 Å². The van der Waals surface area contributed by atoms with Crippen LogP contribution >= 0.6 is 11.6 Å². The molecule has 1 N–H and O–H groups in total. The Morgan fingerprint density at radius 1 is 1.06 bits per heavy atom. The summed E-state index contributed by atoms with van der Waals surface area (Å²) < 4.78 is 11.5. The maximum absolute atomic E-state index is 12.1. The van der Waals surface area contributed by atoms with Crippen molar-refractivity contribution in [1.82, 2.24) is 5.43 Å². The van der Waals surface area contributed by atoms with Crippen LogP contribution in [0.4, 0.5) is 0 Å². The molecule has 3 rings (SSSR count). The first kappa shape index (κ1) is 23.4. The van der Waals surface area contributed by atoms with Gasteiger partial charge >= 0.3 is 0 Å². The molecule has 0 unspecified atom stereocenters. The smallest absolute Gasteiger partial charge is 0.277 e. The lowest BCUT2D eigenvalue weighted by atomic mass is 10.0. The lowest BCUT2D eigenvalue weighted by Gasteiger charge is -2.14. The molecule has 1 amide bonds. The van der Waals surface area contributed by atoms with E-state index in [1.165, 1.54) is 0 Å². The van der Waals surface area contributed by atoms with Gasteiger partial charge in [-0.25, -0.2) is 5.43 Å². The zero-order valence-corrected chi connectivity index (χ0v) is 19.2. The summed E-state index contributed by atoms with van der Waals surface area (Å²) in [5, 5.41) is 4.72. The minimum absolute atomic E-state index is 0.106. The summed E-state index contributed by atoms with van der Waals surface area (Å²) in [6, 6.07) is 21.0. The van der Waals surface area contributed by atoms with Crippen molar-refractivity contribution in [2.24, 2.45) is 5.10 Å². The van der Waals surface area contributed by atoms with Crippen molar-refractivity contribution in [3.63, 3.8) is 0 Å². The second-order valence-corrected chi connectivity index (χ2v) is 8.20. The number of amides is 1. The second-order valence-electron chi connectivity index (χ2n) is 7.77. The first-order valence-corrected chi connectivity index (χ1v) is 10.8. The van der Waals surface area contributed by atoms with Crippen LogP contribution < -0.4 is 14.9 Å². The Labute approximate surface area is 194 Å². The first-order valence-electron chi connectivity index (χ1n) is 10.4. The van der Waals surface area contributed by atoms with Crippen molar-refractivity contribution in [3.8, 4) is 11.5 Å². The number of halogens is 1. The molecule has 0 radical (unpaired) electrons. The molecular weight excluding hydrogens is 424 g/mol. The summed E-state index contributed by atoms with van der Waals surface area (Å²) in [4.78, 5) is 12.1. The summed E-state index contributed by atoms with van der Waals surface area (Å²) >= 11 is 5.90.